The third kappa shape index (κ3) is 4.73. The van der Waals surface area contributed by atoms with Gasteiger partial charge in [0, 0.05) is 49.7 Å². The Balaban J connectivity index is 1.39. The summed E-state index contributed by atoms with van der Waals surface area (Å²) in [5.41, 5.74) is 3.61. The summed E-state index contributed by atoms with van der Waals surface area (Å²) in [4.78, 5) is 34.1. The molecule has 3 aromatic rings. The minimum absolute atomic E-state index is 0.0585. The Morgan fingerprint density at radius 1 is 1.03 bits per heavy atom. The Morgan fingerprint density at radius 2 is 1.75 bits per heavy atom. The largest absolute Gasteiger partial charge is 0.497 e. The average molecular weight is 433 g/mol. The van der Waals surface area contributed by atoms with Crippen LogP contribution in [0.2, 0.25) is 0 Å². The van der Waals surface area contributed by atoms with Crippen LogP contribution in [0.5, 0.6) is 5.75 Å². The maximum Gasteiger partial charge on any atom is 0.253 e. The molecule has 166 valence electrons. The summed E-state index contributed by atoms with van der Waals surface area (Å²) < 4.78 is 5.24. The number of aryl methyl sites for hydroxylation is 1. The zero-order chi connectivity index (χ0) is 22.7. The Kier molecular flexibility index (Phi) is 6.37. The van der Waals surface area contributed by atoms with Crippen LogP contribution < -0.4 is 10.1 Å². The zero-order valence-corrected chi connectivity index (χ0v) is 18.7. The first-order chi connectivity index (χ1) is 15.4. The standard InChI is InChI=1S/C25H28N4O3/c1-17-22(14-20-8-9-21(32-3)15-23(20)27-17)24(30)26-16-18-4-6-19(7-5-18)25(31)29-12-10-28(2)11-13-29/h4-9,14-15H,10-13,16H2,1-3H3,(H,26,30). The van der Waals surface area contributed by atoms with Crippen LogP contribution in [0.15, 0.2) is 48.5 Å². The van der Waals surface area contributed by atoms with Crippen molar-refractivity contribution in [1.82, 2.24) is 20.1 Å². The number of benzene rings is 2. The van der Waals surface area contributed by atoms with Gasteiger partial charge in [0.05, 0.1) is 23.9 Å². The van der Waals surface area contributed by atoms with E-state index in [0.29, 0.717) is 23.4 Å². The van der Waals surface area contributed by atoms with Crippen LogP contribution in [0, 0.1) is 6.92 Å². The van der Waals surface area contributed by atoms with Crippen LogP contribution in [-0.4, -0.2) is 66.9 Å². The highest BCUT2D eigenvalue weighted by Gasteiger charge is 2.20. The van der Waals surface area contributed by atoms with E-state index >= 15 is 0 Å². The van der Waals surface area contributed by atoms with Gasteiger partial charge in [-0.15, -0.1) is 0 Å². The van der Waals surface area contributed by atoms with Gasteiger partial charge in [-0.05, 0) is 49.9 Å². The van der Waals surface area contributed by atoms with Crippen LogP contribution in [0.4, 0.5) is 0 Å². The Hall–Kier alpha value is -3.45. The fourth-order valence-corrected chi connectivity index (χ4v) is 3.83. The molecule has 0 radical (unpaired) electrons. The van der Waals surface area contributed by atoms with Crippen LogP contribution >= 0.6 is 0 Å². The van der Waals surface area contributed by atoms with E-state index in [1.54, 1.807) is 7.11 Å². The number of carbonyl (C=O) groups excluding carboxylic acids is 2. The fraction of sp³-hybridized carbons (Fsp3) is 0.320. The molecule has 1 saturated heterocycles. The number of amides is 2. The molecule has 1 aromatic heterocycles. The van der Waals surface area contributed by atoms with E-state index in [4.69, 9.17) is 4.74 Å². The van der Waals surface area contributed by atoms with Crippen molar-refractivity contribution < 1.29 is 14.3 Å². The Bertz CT molecular complexity index is 1140. The van der Waals surface area contributed by atoms with Crippen LogP contribution in [0.25, 0.3) is 10.9 Å². The fourth-order valence-electron chi connectivity index (χ4n) is 3.83. The average Bonchev–Trinajstić information content (AvgIpc) is 2.82. The highest BCUT2D eigenvalue weighted by atomic mass is 16.5. The SMILES string of the molecule is COc1ccc2cc(C(=O)NCc3ccc(C(=O)N4CCN(C)CC4)cc3)c(C)nc2c1. The van der Waals surface area contributed by atoms with Gasteiger partial charge in [0.2, 0.25) is 0 Å². The number of nitrogens with one attached hydrogen (secondary N) is 1. The maximum absolute atomic E-state index is 12.8. The molecule has 0 bridgehead atoms. The molecule has 2 aromatic carbocycles. The molecule has 1 N–H and O–H groups in total. The number of rotatable bonds is 5. The smallest absolute Gasteiger partial charge is 0.253 e. The summed E-state index contributed by atoms with van der Waals surface area (Å²) >= 11 is 0. The molecular formula is C25H28N4O3. The van der Waals surface area contributed by atoms with Crippen molar-refractivity contribution in [3.05, 3.63) is 70.9 Å². The molecule has 32 heavy (non-hydrogen) atoms. The van der Waals surface area contributed by atoms with Gasteiger partial charge in [0.1, 0.15) is 5.75 Å². The second kappa shape index (κ2) is 9.36. The van der Waals surface area contributed by atoms with Crippen molar-refractivity contribution in [3.8, 4) is 5.75 Å². The van der Waals surface area contributed by atoms with E-state index in [0.717, 1.165) is 48.4 Å². The van der Waals surface area contributed by atoms with Gasteiger partial charge >= 0.3 is 0 Å². The molecule has 0 unspecified atom stereocenters. The van der Waals surface area contributed by atoms with E-state index in [1.807, 2.05) is 60.4 Å². The quantitative estimate of drug-likeness (QED) is 0.671. The Morgan fingerprint density at radius 3 is 2.44 bits per heavy atom. The van der Waals surface area contributed by atoms with E-state index in [2.05, 4.69) is 22.2 Å². The molecule has 1 aliphatic heterocycles. The lowest BCUT2D eigenvalue weighted by Crippen LogP contribution is -2.47. The predicted octanol–water partition coefficient (Wildman–Crippen LogP) is 2.87. The maximum atomic E-state index is 12.8. The number of hydrogen-bond acceptors (Lipinski definition) is 5. The molecule has 0 atom stereocenters. The predicted molar refractivity (Wildman–Crippen MR) is 124 cm³/mol. The van der Waals surface area contributed by atoms with Gasteiger partial charge in [-0.3, -0.25) is 14.6 Å². The number of hydrogen-bond donors (Lipinski definition) is 1. The molecule has 1 fully saturated rings. The molecule has 0 spiro atoms. The molecule has 1 aliphatic rings. The number of carbonyl (C=O) groups is 2. The monoisotopic (exact) mass is 432 g/mol. The number of likely N-dealkylation sites (N-methyl/N-ethyl adjacent to an activating group) is 1. The Labute approximate surface area is 188 Å². The number of nitrogens with zero attached hydrogens (tertiary/aromatic N) is 3. The molecule has 0 aliphatic carbocycles. The first-order valence-corrected chi connectivity index (χ1v) is 10.7. The summed E-state index contributed by atoms with van der Waals surface area (Å²) in [5, 5.41) is 3.84. The molecule has 7 nitrogen and oxygen atoms in total. The van der Waals surface area contributed by atoms with Gasteiger partial charge in [-0.1, -0.05) is 12.1 Å². The first-order valence-electron chi connectivity index (χ1n) is 10.7. The van der Waals surface area contributed by atoms with E-state index in [1.165, 1.54) is 0 Å². The van der Waals surface area contributed by atoms with Gasteiger partial charge < -0.3 is 19.9 Å². The highest BCUT2D eigenvalue weighted by Crippen LogP contribution is 2.22. The summed E-state index contributed by atoms with van der Waals surface area (Å²) in [6.45, 7) is 5.49. The number of pyridine rings is 1. The van der Waals surface area contributed by atoms with Crippen molar-refractivity contribution in [2.24, 2.45) is 0 Å². The van der Waals surface area contributed by atoms with E-state index in [-0.39, 0.29) is 11.8 Å². The van der Waals surface area contributed by atoms with Crippen LogP contribution in [0.3, 0.4) is 0 Å². The molecule has 2 amide bonds. The molecule has 7 heteroatoms. The molecule has 0 saturated carbocycles. The van der Waals surface area contributed by atoms with Gasteiger partial charge in [0.25, 0.3) is 11.8 Å². The molecule has 4 rings (SSSR count). The summed E-state index contributed by atoms with van der Waals surface area (Å²) in [6, 6.07) is 14.9. The lowest BCUT2D eigenvalue weighted by molar-refractivity contribution is 0.0664. The lowest BCUT2D eigenvalue weighted by Gasteiger charge is -2.32. The lowest BCUT2D eigenvalue weighted by atomic mass is 10.1. The van der Waals surface area contributed by atoms with Crippen LogP contribution in [-0.2, 0) is 6.54 Å². The number of fused-ring (bicyclic) bond motifs is 1. The van der Waals surface area contributed by atoms with Crippen LogP contribution in [0.1, 0.15) is 32.0 Å². The summed E-state index contributed by atoms with van der Waals surface area (Å²) in [7, 11) is 3.68. The van der Waals surface area contributed by atoms with E-state index in [9.17, 15) is 9.59 Å². The van der Waals surface area contributed by atoms with Crippen molar-refractivity contribution >= 4 is 22.7 Å². The van der Waals surface area contributed by atoms with Crippen molar-refractivity contribution in [3.63, 3.8) is 0 Å². The minimum atomic E-state index is -0.176. The third-order valence-corrected chi connectivity index (χ3v) is 5.90. The highest BCUT2D eigenvalue weighted by molar-refractivity contribution is 5.98. The second-order valence-corrected chi connectivity index (χ2v) is 8.16. The zero-order valence-electron chi connectivity index (χ0n) is 18.7. The second-order valence-electron chi connectivity index (χ2n) is 8.16. The molecule has 2 heterocycles. The first kappa shape index (κ1) is 21.8. The van der Waals surface area contributed by atoms with Crippen molar-refractivity contribution in [1.29, 1.82) is 0 Å². The normalized spacial score (nSPS) is 14.4. The van der Waals surface area contributed by atoms with Gasteiger partial charge in [0.15, 0.2) is 0 Å². The third-order valence-electron chi connectivity index (χ3n) is 5.90. The number of aromatic nitrogens is 1. The number of piperazine rings is 1. The van der Waals surface area contributed by atoms with E-state index < -0.39 is 0 Å². The minimum Gasteiger partial charge on any atom is -0.497 e. The topological polar surface area (TPSA) is 74.8 Å². The van der Waals surface area contributed by atoms with Gasteiger partial charge in [-0.25, -0.2) is 0 Å². The number of methoxy groups -OCH3 is 1. The summed E-state index contributed by atoms with van der Waals surface area (Å²) in [5.74, 6) is 0.615. The van der Waals surface area contributed by atoms with Crippen molar-refractivity contribution in [2.45, 2.75) is 13.5 Å². The van der Waals surface area contributed by atoms with Gasteiger partial charge in [-0.2, -0.15) is 0 Å². The number of ether oxygens (including phenoxy) is 1. The summed E-state index contributed by atoms with van der Waals surface area (Å²) in [6.07, 6.45) is 0. The molecular weight excluding hydrogens is 404 g/mol. The van der Waals surface area contributed by atoms with Crippen molar-refractivity contribution in [2.75, 3.05) is 40.3 Å².